The Hall–Kier alpha value is -4.98. The summed E-state index contributed by atoms with van der Waals surface area (Å²) in [5.41, 5.74) is 22.0. The molecule has 6 aromatic carbocycles. The summed E-state index contributed by atoms with van der Waals surface area (Å²) in [4.78, 5) is 0. The molecule has 51 heavy (non-hydrogen) atoms. The summed E-state index contributed by atoms with van der Waals surface area (Å²) in [6.07, 6.45) is 7.43. The third kappa shape index (κ3) is 5.50. The smallest absolute Gasteiger partial charge is 0.0709 e. The molecule has 0 radical (unpaired) electrons. The fraction of sp³-hybridized carbons (Fsp3) is 0.200. The number of fused-ring (bicyclic) bond motifs is 2. The molecule has 252 valence electrons. The van der Waals surface area contributed by atoms with Gasteiger partial charge in [-0.2, -0.15) is 0 Å². The molecule has 6 aromatic rings. The highest BCUT2D eigenvalue weighted by Gasteiger charge is 2.41. The zero-order chi connectivity index (χ0) is 35.3. The van der Waals surface area contributed by atoms with E-state index in [2.05, 4.69) is 175 Å². The van der Waals surface area contributed by atoms with E-state index >= 15 is 0 Å². The molecule has 8 rings (SSSR count). The highest BCUT2D eigenvalue weighted by molar-refractivity contribution is 6.94. The second kappa shape index (κ2) is 13.3. The van der Waals surface area contributed by atoms with Gasteiger partial charge in [0.25, 0.3) is 0 Å². The van der Waals surface area contributed by atoms with Crippen LogP contribution in [0.25, 0.3) is 56.7 Å². The van der Waals surface area contributed by atoms with Gasteiger partial charge in [0.15, 0.2) is 0 Å². The molecule has 0 atom stereocenters. The van der Waals surface area contributed by atoms with Crippen molar-refractivity contribution in [3.05, 3.63) is 176 Å². The average Bonchev–Trinajstić information content (AvgIpc) is 3.79. The van der Waals surface area contributed by atoms with Crippen LogP contribution in [0, 0.1) is 27.7 Å². The van der Waals surface area contributed by atoms with Crippen LogP contribution in [-0.4, -0.2) is 8.07 Å². The van der Waals surface area contributed by atoms with Gasteiger partial charge < -0.3 is 0 Å². The molecule has 0 heterocycles. The SMILES string of the molecule is CC[Si](CC)(C1=Cc2c(cccc2-c2ccccc2-c2c(C)cccc2C)C1)C1=Cc2c(cccc2-c2ccccc2-c2c(C)cccc2C)C1. The molecule has 0 bridgehead atoms. The Morgan fingerprint density at radius 2 is 0.725 bits per heavy atom. The molecule has 0 nitrogen and oxygen atoms in total. The first-order chi connectivity index (χ1) is 24.8. The Kier molecular flexibility index (Phi) is 8.64. The summed E-state index contributed by atoms with van der Waals surface area (Å²) in [5, 5.41) is 3.41. The van der Waals surface area contributed by atoms with Crippen LogP contribution in [0.3, 0.4) is 0 Å². The molecule has 0 fully saturated rings. The molecule has 0 aromatic heterocycles. The molecule has 0 saturated carbocycles. The van der Waals surface area contributed by atoms with Crippen LogP contribution in [0.2, 0.25) is 12.1 Å². The van der Waals surface area contributed by atoms with Gasteiger partial charge in [0, 0.05) is 0 Å². The number of aryl methyl sites for hydroxylation is 4. The molecule has 0 spiro atoms. The van der Waals surface area contributed by atoms with Crippen LogP contribution in [0.4, 0.5) is 0 Å². The van der Waals surface area contributed by atoms with Crippen LogP contribution < -0.4 is 0 Å². The first kappa shape index (κ1) is 33.2. The zero-order valence-corrected chi connectivity index (χ0v) is 32.0. The maximum Gasteiger partial charge on any atom is 0.109 e. The Morgan fingerprint density at radius 1 is 0.392 bits per heavy atom. The summed E-state index contributed by atoms with van der Waals surface area (Å²) in [7, 11) is -1.99. The molecule has 0 aliphatic heterocycles. The molecule has 0 N–H and O–H groups in total. The van der Waals surface area contributed by atoms with Crippen molar-refractivity contribution in [2.45, 2.75) is 66.5 Å². The molecule has 1 heteroatoms. The summed E-state index contributed by atoms with van der Waals surface area (Å²) in [6, 6.07) is 48.0. The van der Waals surface area contributed by atoms with Crippen molar-refractivity contribution in [3.8, 4) is 44.5 Å². The van der Waals surface area contributed by atoms with Gasteiger partial charge in [-0.25, -0.2) is 0 Å². The summed E-state index contributed by atoms with van der Waals surface area (Å²) >= 11 is 0. The van der Waals surface area contributed by atoms with E-state index in [1.54, 1.807) is 10.4 Å². The van der Waals surface area contributed by atoms with Crippen LogP contribution in [-0.2, 0) is 12.8 Å². The molecule has 0 saturated heterocycles. The topological polar surface area (TPSA) is 0 Å². The molecular weight excluding hydrogens is 629 g/mol. The monoisotopic (exact) mass is 676 g/mol. The minimum atomic E-state index is -1.99. The van der Waals surface area contributed by atoms with Gasteiger partial charge in [-0.15, -0.1) is 0 Å². The third-order valence-electron chi connectivity index (χ3n) is 12.2. The first-order valence-corrected chi connectivity index (χ1v) is 21.2. The summed E-state index contributed by atoms with van der Waals surface area (Å²) in [5.74, 6) is 0. The van der Waals surface area contributed by atoms with E-state index < -0.39 is 8.07 Å². The van der Waals surface area contributed by atoms with Crippen LogP contribution >= 0.6 is 0 Å². The van der Waals surface area contributed by atoms with Gasteiger partial charge in [-0.1, -0.05) is 170 Å². The average molecular weight is 677 g/mol. The van der Waals surface area contributed by atoms with E-state index in [0.29, 0.717) is 0 Å². The van der Waals surface area contributed by atoms with E-state index in [1.807, 2.05) is 0 Å². The number of rotatable bonds is 8. The third-order valence-corrected chi connectivity index (χ3v) is 17.7. The second-order valence-electron chi connectivity index (χ2n) is 14.9. The Morgan fingerprint density at radius 3 is 1.10 bits per heavy atom. The van der Waals surface area contributed by atoms with Gasteiger partial charge in [0.05, 0.1) is 0 Å². The van der Waals surface area contributed by atoms with Crippen molar-refractivity contribution < 1.29 is 0 Å². The quantitative estimate of drug-likeness (QED) is 0.141. The largest absolute Gasteiger partial charge is 0.109 e. The van der Waals surface area contributed by atoms with Gasteiger partial charge in [0.2, 0.25) is 0 Å². The predicted octanol–water partition coefficient (Wildman–Crippen LogP) is 13.7. The lowest BCUT2D eigenvalue weighted by Crippen LogP contribution is -2.39. The first-order valence-electron chi connectivity index (χ1n) is 18.8. The maximum atomic E-state index is 2.65. The van der Waals surface area contributed by atoms with Crippen molar-refractivity contribution in [1.82, 2.24) is 0 Å². The maximum absolute atomic E-state index is 2.65. The number of allylic oxidation sites excluding steroid dienone is 2. The lowest BCUT2D eigenvalue weighted by atomic mass is 9.87. The lowest BCUT2D eigenvalue weighted by Gasteiger charge is -2.33. The highest BCUT2D eigenvalue weighted by Crippen LogP contribution is 2.48. The van der Waals surface area contributed by atoms with Crippen molar-refractivity contribution in [2.75, 3.05) is 0 Å². The van der Waals surface area contributed by atoms with Crippen molar-refractivity contribution in [3.63, 3.8) is 0 Å². The van der Waals surface area contributed by atoms with Gasteiger partial charge in [-0.3, -0.25) is 0 Å². The fourth-order valence-corrected chi connectivity index (χ4v) is 14.2. The van der Waals surface area contributed by atoms with Crippen molar-refractivity contribution in [1.29, 1.82) is 0 Å². The standard InChI is InChI=1S/C50H48Si/c1-7-51(8-2,39-29-37-21-15-27-43(47(37)31-39)41-23-9-11-25-45(41)49-33(3)17-13-18-34(49)4)40-30-38-22-16-28-44(48(38)32-40)42-24-10-12-26-46(42)50-35(5)19-14-20-36(50)6/h9-28,31-32H,7-8,29-30H2,1-6H3. The molecule has 0 unspecified atom stereocenters. The van der Waals surface area contributed by atoms with Crippen LogP contribution in [0.15, 0.2) is 132 Å². The van der Waals surface area contributed by atoms with Crippen LogP contribution in [0.5, 0.6) is 0 Å². The van der Waals surface area contributed by atoms with E-state index in [9.17, 15) is 0 Å². The zero-order valence-electron chi connectivity index (χ0n) is 31.0. The molecule has 2 aliphatic carbocycles. The predicted molar refractivity (Wildman–Crippen MR) is 224 cm³/mol. The lowest BCUT2D eigenvalue weighted by molar-refractivity contribution is 1.15. The normalized spacial score (nSPS) is 13.5. The Bertz CT molecular complexity index is 2170. The molecule has 0 amide bonds. The highest BCUT2D eigenvalue weighted by atomic mass is 28.3. The van der Waals surface area contributed by atoms with Gasteiger partial charge in [0.1, 0.15) is 8.07 Å². The van der Waals surface area contributed by atoms with E-state index in [1.165, 1.54) is 101 Å². The van der Waals surface area contributed by atoms with E-state index in [4.69, 9.17) is 0 Å². The fourth-order valence-electron chi connectivity index (χ4n) is 9.54. The van der Waals surface area contributed by atoms with Crippen molar-refractivity contribution in [2.24, 2.45) is 0 Å². The van der Waals surface area contributed by atoms with Gasteiger partial charge in [-0.05, 0) is 130 Å². The van der Waals surface area contributed by atoms with Crippen LogP contribution in [0.1, 0.15) is 58.4 Å². The van der Waals surface area contributed by atoms with Gasteiger partial charge >= 0.3 is 0 Å². The minimum absolute atomic E-state index is 1.07. The number of hydrogen-bond acceptors (Lipinski definition) is 0. The summed E-state index contributed by atoms with van der Waals surface area (Å²) < 4.78 is 0. The van der Waals surface area contributed by atoms with E-state index in [0.717, 1.165) is 12.8 Å². The minimum Gasteiger partial charge on any atom is -0.0709 e. The molecular formula is C50H48Si. The summed E-state index contributed by atoms with van der Waals surface area (Å²) in [6.45, 7) is 13.9. The number of benzene rings is 6. The number of hydrogen-bond donors (Lipinski definition) is 0. The molecule has 2 aliphatic rings. The van der Waals surface area contributed by atoms with Crippen molar-refractivity contribution >= 4 is 20.2 Å². The Labute approximate surface area is 306 Å². The Balaban J connectivity index is 1.23. The second-order valence-corrected chi connectivity index (χ2v) is 19.7. The van der Waals surface area contributed by atoms with E-state index in [-0.39, 0.29) is 0 Å².